The Morgan fingerprint density at radius 1 is 1.50 bits per heavy atom. The van der Waals surface area contributed by atoms with Crippen molar-refractivity contribution in [1.29, 1.82) is 0 Å². The van der Waals surface area contributed by atoms with Crippen LogP contribution in [0.2, 0.25) is 0 Å². The highest BCUT2D eigenvalue weighted by atomic mass is 16.5. The molecule has 18 heavy (non-hydrogen) atoms. The highest BCUT2D eigenvalue weighted by molar-refractivity contribution is 5.45. The van der Waals surface area contributed by atoms with E-state index in [1.54, 1.807) is 6.20 Å². The number of H-pyrrole nitrogens is 1. The minimum Gasteiger partial charge on any atom is -0.338 e. The minimum absolute atomic E-state index is 0.0665. The van der Waals surface area contributed by atoms with Crippen molar-refractivity contribution in [3.63, 3.8) is 0 Å². The standard InChI is InChI=1S/C11H16N6O/c1-11(5-3-2-4-8(11)12)10-14-9(16-18-10)7-6-13-17-15-7/h6,8H,2-5,12H2,1H3,(H,13,15,17). The van der Waals surface area contributed by atoms with E-state index in [-0.39, 0.29) is 11.5 Å². The molecular weight excluding hydrogens is 232 g/mol. The van der Waals surface area contributed by atoms with Crippen LogP contribution in [-0.4, -0.2) is 31.6 Å². The van der Waals surface area contributed by atoms with E-state index in [1.807, 2.05) is 0 Å². The van der Waals surface area contributed by atoms with Crippen molar-refractivity contribution >= 4 is 0 Å². The predicted octanol–water partition coefficient (Wildman–Crippen LogP) is 1.01. The minimum atomic E-state index is -0.229. The molecule has 0 spiro atoms. The second kappa shape index (κ2) is 4.16. The summed E-state index contributed by atoms with van der Waals surface area (Å²) in [5.41, 5.74) is 6.56. The molecule has 7 nitrogen and oxygen atoms in total. The van der Waals surface area contributed by atoms with Crippen molar-refractivity contribution in [3.8, 4) is 11.5 Å². The Balaban J connectivity index is 1.93. The van der Waals surface area contributed by atoms with Crippen molar-refractivity contribution in [2.24, 2.45) is 5.73 Å². The Hall–Kier alpha value is -1.76. The Bertz CT molecular complexity index is 521. The van der Waals surface area contributed by atoms with Crippen LogP contribution in [0.15, 0.2) is 10.7 Å². The van der Waals surface area contributed by atoms with Gasteiger partial charge >= 0.3 is 0 Å². The molecule has 0 radical (unpaired) electrons. The quantitative estimate of drug-likeness (QED) is 0.821. The molecule has 2 unspecified atom stereocenters. The second-order valence-corrected chi connectivity index (χ2v) is 5.05. The molecule has 3 N–H and O–H groups in total. The summed E-state index contributed by atoms with van der Waals surface area (Å²) in [5.74, 6) is 1.06. The van der Waals surface area contributed by atoms with E-state index in [1.165, 1.54) is 6.42 Å². The summed E-state index contributed by atoms with van der Waals surface area (Å²) < 4.78 is 5.38. The van der Waals surface area contributed by atoms with Crippen LogP contribution < -0.4 is 5.73 Å². The number of nitrogens with two attached hydrogens (primary N) is 1. The third-order valence-electron chi connectivity index (χ3n) is 3.84. The number of nitrogens with one attached hydrogen (secondary N) is 1. The molecule has 0 bridgehead atoms. The van der Waals surface area contributed by atoms with Gasteiger partial charge in [0.1, 0.15) is 0 Å². The molecule has 2 aromatic rings. The molecule has 2 atom stereocenters. The summed E-state index contributed by atoms with van der Waals surface area (Å²) in [6.07, 6.45) is 5.86. The van der Waals surface area contributed by atoms with Crippen molar-refractivity contribution in [2.75, 3.05) is 0 Å². The molecule has 7 heteroatoms. The lowest BCUT2D eigenvalue weighted by Crippen LogP contribution is -2.45. The zero-order valence-electron chi connectivity index (χ0n) is 10.3. The van der Waals surface area contributed by atoms with E-state index in [2.05, 4.69) is 32.5 Å². The molecule has 1 fully saturated rings. The normalized spacial score (nSPS) is 28.4. The molecule has 0 saturated heterocycles. The van der Waals surface area contributed by atoms with Crippen LogP contribution in [0.3, 0.4) is 0 Å². The van der Waals surface area contributed by atoms with Gasteiger partial charge in [-0.25, -0.2) is 0 Å². The Morgan fingerprint density at radius 3 is 3.11 bits per heavy atom. The monoisotopic (exact) mass is 248 g/mol. The fourth-order valence-corrected chi connectivity index (χ4v) is 2.49. The summed E-state index contributed by atoms with van der Waals surface area (Å²) in [5, 5.41) is 14.1. The fourth-order valence-electron chi connectivity index (χ4n) is 2.49. The molecule has 1 saturated carbocycles. The summed E-state index contributed by atoms with van der Waals surface area (Å²) in [4.78, 5) is 4.42. The number of aromatic nitrogens is 5. The van der Waals surface area contributed by atoms with Gasteiger partial charge in [-0.1, -0.05) is 18.0 Å². The van der Waals surface area contributed by atoms with Gasteiger partial charge in [-0.3, -0.25) is 0 Å². The molecular formula is C11H16N6O. The number of hydrogen-bond acceptors (Lipinski definition) is 6. The lowest BCUT2D eigenvalue weighted by atomic mass is 9.72. The van der Waals surface area contributed by atoms with Crippen LogP contribution in [0, 0.1) is 0 Å². The first kappa shape index (κ1) is 11.3. The molecule has 0 aliphatic heterocycles. The largest absolute Gasteiger partial charge is 0.338 e. The third kappa shape index (κ3) is 1.71. The van der Waals surface area contributed by atoms with E-state index >= 15 is 0 Å². The number of rotatable bonds is 2. The summed E-state index contributed by atoms with van der Waals surface area (Å²) in [6.45, 7) is 2.09. The van der Waals surface area contributed by atoms with Gasteiger partial charge in [0.05, 0.1) is 11.6 Å². The number of nitrogens with zero attached hydrogens (tertiary/aromatic N) is 4. The molecule has 2 aromatic heterocycles. The SMILES string of the molecule is CC1(c2nc(-c3cn[nH]n3)no2)CCCCC1N. The maximum Gasteiger partial charge on any atom is 0.234 e. The van der Waals surface area contributed by atoms with Crippen LogP contribution in [0.4, 0.5) is 0 Å². The van der Waals surface area contributed by atoms with E-state index in [9.17, 15) is 0 Å². The van der Waals surface area contributed by atoms with Gasteiger partial charge in [-0.05, 0) is 19.8 Å². The highest BCUT2D eigenvalue weighted by Crippen LogP contribution is 2.37. The molecule has 0 aromatic carbocycles. The number of aromatic amines is 1. The van der Waals surface area contributed by atoms with Crippen molar-refractivity contribution < 1.29 is 4.52 Å². The summed E-state index contributed by atoms with van der Waals surface area (Å²) in [7, 11) is 0. The Labute approximate surface area is 104 Å². The molecule has 0 amide bonds. The molecule has 96 valence electrons. The molecule has 3 rings (SSSR count). The molecule has 1 aliphatic rings. The van der Waals surface area contributed by atoms with Crippen LogP contribution in [-0.2, 0) is 5.41 Å². The fraction of sp³-hybridized carbons (Fsp3) is 0.636. The molecule has 1 aliphatic carbocycles. The average Bonchev–Trinajstić information content (AvgIpc) is 3.01. The van der Waals surface area contributed by atoms with E-state index in [0.717, 1.165) is 19.3 Å². The Morgan fingerprint density at radius 2 is 2.39 bits per heavy atom. The van der Waals surface area contributed by atoms with Gasteiger partial charge in [0.15, 0.2) is 5.69 Å². The van der Waals surface area contributed by atoms with Gasteiger partial charge in [0.25, 0.3) is 0 Å². The lowest BCUT2D eigenvalue weighted by Gasteiger charge is -2.35. The summed E-state index contributed by atoms with van der Waals surface area (Å²) >= 11 is 0. The van der Waals surface area contributed by atoms with E-state index < -0.39 is 0 Å². The maximum absolute atomic E-state index is 6.21. The van der Waals surface area contributed by atoms with Gasteiger partial charge in [-0.15, -0.1) is 0 Å². The third-order valence-corrected chi connectivity index (χ3v) is 3.84. The van der Waals surface area contributed by atoms with Gasteiger partial charge in [-0.2, -0.15) is 20.4 Å². The second-order valence-electron chi connectivity index (χ2n) is 5.05. The Kier molecular flexibility index (Phi) is 2.62. The van der Waals surface area contributed by atoms with E-state index in [0.29, 0.717) is 17.4 Å². The zero-order valence-corrected chi connectivity index (χ0v) is 10.3. The van der Waals surface area contributed by atoms with E-state index in [4.69, 9.17) is 10.3 Å². The van der Waals surface area contributed by atoms with Crippen molar-refractivity contribution in [3.05, 3.63) is 12.1 Å². The van der Waals surface area contributed by atoms with Crippen molar-refractivity contribution in [2.45, 2.75) is 44.1 Å². The van der Waals surface area contributed by atoms with Crippen molar-refractivity contribution in [1.82, 2.24) is 25.6 Å². The summed E-state index contributed by atoms with van der Waals surface area (Å²) in [6, 6.07) is 0.0665. The van der Waals surface area contributed by atoms with Gasteiger partial charge in [0, 0.05) is 6.04 Å². The van der Waals surface area contributed by atoms with Gasteiger partial charge < -0.3 is 10.3 Å². The van der Waals surface area contributed by atoms with Crippen LogP contribution in [0.1, 0.15) is 38.5 Å². The highest BCUT2D eigenvalue weighted by Gasteiger charge is 2.40. The maximum atomic E-state index is 6.21. The van der Waals surface area contributed by atoms with Crippen LogP contribution in [0.5, 0.6) is 0 Å². The predicted molar refractivity (Wildman–Crippen MR) is 63.5 cm³/mol. The lowest BCUT2D eigenvalue weighted by molar-refractivity contribution is 0.203. The van der Waals surface area contributed by atoms with Crippen LogP contribution >= 0.6 is 0 Å². The first-order valence-corrected chi connectivity index (χ1v) is 6.16. The van der Waals surface area contributed by atoms with Gasteiger partial charge in [0.2, 0.25) is 11.7 Å². The molecule has 2 heterocycles. The van der Waals surface area contributed by atoms with Crippen LogP contribution in [0.25, 0.3) is 11.5 Å². The first-order chi connectivity index (χ1) is 8.70. The smallest absolute Gasteiger partial charge is 0.234 e. The zero-order chi connectivity index (χ0) is 12.6. The topological polar surface area (TPSA) is 107 Å². The first-order valence-electron chi connectivity index (χ1n) is 6.16. The number of hydrogen-bond donors (Lipinski definition) is 2. The average molecular weight is 248 g/mol.